The fraction of sp³-hybridized carbons (Fsp3) is 1.00. The van der Waals surface area contributed by atoms with E-state index < -0.39 is 0 Å². The molecule has 1 aliphatic carbocycles. The van der Waals surface area contributed by atoms with Crippen LogP contribution in [0.15, 0.2) is 0 Å². The molecule has 0 aromatic heterocycles. The summed E-state index contributed by atoms with van der Waals surface area (Å²) in [4.78, 5) is 0. The minimum atomic E-state index is -0.344. The van der Waals surface area contributed by atoms with Crippen LogP contribution in [0.4, 0.5) is 0 Å². The third-order valence-electron chi connectivity index (χ3n) is 4.27. The molecule has 0 radical (unpaired) electrons. The van der Waals surface area contributed by atoms with Crippen molar-refractivity contribution in [3.63, 3.8) is 0 Å². The van der Waals surface area contributed by atoms with Crippen molar-refractivity contribution in [1.82, 2.24) is 0 Å². The molecule has 0 bridgehead atoms. The first-order valence-corrected chi connectivity index (χ1v) is 7.75. The largest absolute Gasteiger partial charge is 0.390 e. The summed E-state index contributed by atoms with van der Waals surface area (Å²) in [5, 5.41) is 10.2. The Morgan fingerprint density at radius 1 is 1.17 bits per heavy atom. The molecular formula is C15H28O3. The van der Waals surface area contributed by atoms with Crippen molar-refractivity contribution < 1.29 is 14.6 Å². The molecule has 1 spiro atoms. The van der Waals surface area contributed by atoms with Crippen molar-refractivity contribution in [3.05, 3.63) is 0 Å². The molecule has 2 fully saturated rings. The van der Waals surface area contributed by atoms with Gasteiger partial charge in [0, 0.05) is 12.8 Å². The Morgan fingerprint density at radius 2 is 1.94 bits per heavy atom. The smallest absolute Gasteiger partial charge is 0.169 e. The fourth-order valence-electron chi connectivity index (χ4n) is 3.09. The van der Waals surface area contributed by atoms with Crippen LogP contribution in [0.3, 0.4) is 0 Å². The van der Waals surface area contributed by atoms with Crippen molar-refractivity contribution in [2.45, 2.75) is 89.1 Å². The predicted molar refractivity (Wildman–Crippen MR) is 71.4 cm³/mol. The third kappa shape index (κ3) is 3.69. The minimum absolute atomic E-state index is 0.0928. The molecule has 3 heteroatoms. The summed E-state index contributed by atoms with van der Waals surface area (Å²) in [5.41, 5.74) is 0. The molecule has 1 aliphatic heterocycles. The summed E-state index contributed by atoms with van der Waals surface area (Å²) < 4.78 is 11.9. The highest BCUT2D eigenvalue weighted by Gasteiger charge is 2.44. The molecule has 1 saturated heterocycles. The van der Waals surface area contributed by atoms with Crippen LogP contribution in [0, 0.1) is 0 Å². The van der Waals surface area contributed by atoms with Crippen molar-refractivity contribution in [1.29, 1.82) is 0 Å². The van der Waals surface area contributed by atoms with Gasteiger partial charge in [0.15, 0.2) is 5.79 Å². The molecule has 0 aromatic rings. The van der Waals surface area contributed by atoms with Gasteiger partial charge in [0.25, 0.3) is 0 Å². The topological polar surface area (TPSA) is 38.7 Å². The molecule has 18 heavy (non-hydrogen) atoms. The summed E-state index contributed by atoms with van der Waals surface area (Å²) in [6.45, 7) is 2.78. The number of rotatable bonds is 6. The zero-order valence-corrected chi connectivity index (χ0v) is 11.7. The lowest BCUT2D eigenvalue weighted by Gasteiger charge is -2.32. The van der Waals surface area contributed by atoms with E-state index in [0.29, 0.717) is 6.61 Å². The molecule has 106 valence electrons. The molecule has 1 saturated carbocycles. The Bertz CT molecular complexity index is 236. The molecule has 3 nitrogen and oxygen atoms in total. The van der Waals surface area contributed by atoms with E-state index in [9.17, 15) is 5.11 Å². The van der Waals surface area contributed by atoms with Gasteiger partial charge >= 0.3 is 0 Å². The van der Waals surface area contributed by atoms with Crippen LogP contribution in [0.1, 0.15) is 71.1 Å². The predicted octanol–water partition coefficient (Wildman–Crippen LogP) is 3.39. The fourth-order valence-corrected chi connectivity index (χ4v) is 3.09. The van der Waals surface area contributed by atoms with Gasteiger partial charge in [0.05, 0.1) is 12.7 Å². The van der Waals surface area contributed by atoms with Crippen LogP contribution >= 0.6 is 0 Å². The molecule has 0 unspecified atom stereocenters. The molecule has 2 atom stereocenters. The summed E-state index contributed by atoms with van der Waals surface area (Å²) in [6.07, 6.45) is 10.9. The van der Waals surface area contributed by atoms with E-state index in [-0.39, 0.29) is 18.0 Å². The van der Waals surface area contributed by atoms with E-state index in [4.69, 9.17) is 9.47 Å². The average Bonchev–Trinajstić information content (AvgIpc) is 2.79. The van der Waals surface area contributed by atoms with Gasteiger partial charge in [-0.25, -0.2) is 0 Å². The molecule has 0 amide bonds. The van der Waals surface area contributed by atoms with Gasteiger partial charge in [-0.05, 0) is 19.3 Å². The van der Waals surface area contributed by atoms with Crippen LogP contribution < -0.4 is 0 Å². The van der Waals surface area contributed by atoms with Crippen molar-refractivity contribution in [2.24, 2.45) is 0 Å². The van der Waals surface area contributed by atoms with Gasteiger partial charge in [-0.1, -0.05) is 39.0 Å². The lowest BCUT2D eigenvalue weighted by Crippen LogP contribution is -2.36. The molecule has 1 heterocycles. The Hall–Kier alpha value is -0.120. The zero-order chi connectivity index (χ0) is 12.8. The first kappa shape index (κ1) is 14.3. The standard InChI is InChI=1S/C15H28O3/c1-2-3-4-6-9-13(16)14-12-17-15(18-14)10-7-5-8-11-15/h13-14,16H,2-12H2,1H3/t13-,14+/m0/s1. The van der Waals surface area contributed by atoms with Crippen molar-refractivity contribution in [2.75, 3.05) is 6.61 Å². The Labute approximate surface area is 111 Å². The Morgan fingerprint density at radius 3 is 2.67 bits per heavy atom. The third-order valence-corrected chi connectivity index (χ3v) is 4.27. The molecule has 1 N–H and O–H groups in total. The molecule has 2 rings (SSSR count). The highest BCUT2D eigenvalue weighted by Crippen LogP contribution is 2.38. The van der Waals surface area contributed by atoms with Crippen LogP contribution in [0.25, 0.3) is 0 Å². The van der Waals surface area contributed by atoms with Gasteiger partial charge in [0.1, 0.15) is 6.10 Å². The highest BCUT2D eigenvalue weighted by molar-refractivity contribution is 4.85. The Kier molecular flexibility index (Phi) is 5.46. The quantitative estimate of drug-likeness (QED) is 0.740. The van der Waals surface area contributed by atoms with E-state index in [1.165, 1.54) is 38.5 Å². The number of hydrogen-bond donors (Lipinski definition) is 1. The maximum Gasteiger partial charge on any atom is 0.169 e. The lowest BCUT2D eigenvalue weighted by atomic mass is 9.94. The number of aliphatic hydroxyl groups is 1. The van der Waals surface area contributed by atoms with Crippen LogP contribution in [0.2, 0.25) is 0 Å². The summed E-state index contributed by atoms with van der Waals surface area (Å²) in [7, 11) is 0. The maximum atomic E-state index is 10.2. The second-order valence-electron chi connectivity index (χ2n) is 5.86. The Balaban J connectivity index is 1.70. The van der Waals surface area contributed by atoms with Gasteiger partial charge in [-0.2, -0.15) is 0 Å². The van der Waals surface area contributed by atoms with Crippen LogP contribution in [0.5, 0.6) is 0 Å². The summed E-state index contributed by atoms with van der Waals surface area (Å²) >= 11 is 0. The highest BCUT2D eigenvalue weighted by atomic mass is 16.7. The van der Waals surface area contributed by atoms with Gasteiger partial charge in [-0.3, -0.25) is 0 Å². The van der Waals surface area contributed by atoms with E-state index in [1.807, 2.05) is 0 Å². The SMILES string of the molecule is CCCCCC[C@H](O)[C@H]1COC2(CCCCC2)O1. The number of hydrogen-bond acceptors (Lipinski definition) is 3. The second-order valence-corrected chi connectivity index (χ2v) is 5.86. The number of aliphatic hydroxyl groups excluding tert-OH is 1. The van der Waals surface area contributed by atoms with Gasteiger partial charge < -0.3 is 14.6 Å². The van der Waals surface area contributed by atoms with Gasteiger partial charge in [0.2, 0.25) is 0 Å². The minimum Gasteiger partial charge on any atom is -0.390 e. The van der Waals surface area contributed by atoms with Crippen molar-refractivity contribution >= 4 is 0 Å². The first-order chi connectivity index (χ1) is 8.76. The first-order valence-electron chi connectivity index (χ1n) is 7.75. The molecule has 2 aliphatic rings. The van der Waals surface area contributed by atoms with Crippen LogP contribution in [-0.2, 0) is 9.47 Å². The van der Waals surface area contributed by atoms with E-state index >= 15 is 0 Å². The zero-order valence-electron chi connectivity index (χ0n) is 11.7. The second kappa shape index (κ2) is 6.88. The maximum absolute atomic E-state index is 10.2. The summed E-state index contributed by atoms with van der Waals surface area (Å²) in [5.74, 6) is -0.340. The van der Waals surface area contributed by atoms with E-state index in [0.717, 1.165) is 25.7 Å². The van der Waals surface area contributed by atoms with E-state index in [1.54, 1.807) is 0 Å². The van der Waals surface area contributed by atoms with E-state index in [2.05, 4.69) is 6.92 Å². The number of ether oxygens (including phenoxy) is 2. The molecular weight excluding hydrogens is 228 g/mol. The van der Waals surface area contributed by atoms with Crippen molar-refractivity contribution in [3.8, 4) is 0 Å². The monoisotopic (exact) mass is 256 g/mol. The lowest BCUT2D eigenvalue weighted by molar-refractivity contribution is -0.195. The molecule has 0 aromatic carbocycles. The van der Waals surface area contributed by atoms with Gasteiger partial charge in [-0.15, -0.1) is 0 Å². The average molecular weight is 256 g/mol. The normalized spacial score (nSPS) is 28.7. The van der Waals surface area contributed by atoms with Crippen LogP contribution in [-0.4, -0.2) is 29.7 Å². The number of unbranched alkanes of at least 4 members (excludes halogenated alkanes) is 3. The summed E-state index contributed by atoms with van der Waals surface area (Å²) in [6, 6.07) is 0.